The lowest BCUT2D eigenvalue weighted by molar-refractivity contribution is 0.0563. The molecule has 0 aliphatic carbocycles. The van der Waals surface area contributed by atoms with Crippen LogP contribution in [0, 0.1) is 0 Å². The molecule has 7 heteroatoms. The van der Waals surface area contributed by atoms with E-state index in [-0.39, 0.29) is 11.3 Å². The van der Waals surface area contributed by atoms with Crippen molar-refractivity contribution >= 4 is 17.7 Å². The number of carbonyl (C=O) groups is 1. The van der Waals surface area contributed by atoms with Crippen LogP contribution >= 0.6 is 11.8 Å². The first-order chi connectivity index (χ1) is 10.1. The summed E-state index contributed by atoms with van der Waals surface area (Å²) >= 11 is 1.35. The van der Waals surface area contributed by atoms with Gasteiger partial charge in [0.25, 0.3) is 5.56 Å². The second-order valence-corrected chi connectivity index (χ2v) is 5.30. The Kier molecular flexibility index (Phi) is 5.21. The molecule has 0 amide bonds. The number of furan rings is 1. The first-order valence-electron chi connectivity index (χ1n) is 6.52. The maximum Gasteiger partial charge on any atom is 0.373 e. The number of H-pyrrole nitrogens is 1. The van der Waals surface area contributed by atoms with Crippen LogP contribution in [-0.4, -0.2) is 23.0 Å². The molecule has 2 aromatic rings. The summed E-state index contributed by atoms with van der Waals surface area (Å²) < 4.78 is 9.92. The van der Waals surface area contributed by atoms with Gasteiger partial charge in [-0.15, -0.1) is 0 Å². The Balaban J connectivity index is 2.04. The number of carbonyl (C=O) groups excluding carboxylic acids is 1. The smallest absolute Gasteiger partial charge is 0.373 e. The maximum atomic E-state index is 11.5. The van der Waals surface area contributed by atoms with Crippen LogP contribution in [0.2, 0.25) is 0 Å². The Morgan fingerprint density at radius 2 is 2.29 bits per heavy atom. The first kappa shape index (κ1) is 15.4. The number of thioether (sulfide) groups is 1. The summed E-state index contributed by atoms with van der Waals surface area (Å²) in [7, 11) is 1.30. The summed E-state index contributed by atoms with van der Waals surface area (Å²) in [6.07, 6.45) is 1.70. The number of methoxy groups -OCH3 is 1. The number of hydrogen-bond donors (Lipinski definition) is 1. The summed E-state index contributed by atoms with van der Waals surface area (Å²) in [5.74, 6) is 0.733. The number of nitrogens with one attached hydrogen (secondary N) is 1. The molecule has 21 heavy (non-hydrogen) atoms. The summed E-state index contributed by atoms with van der Waals surface area (Å²) in [5, 5.41) is 0.543. The highest BCUT2D eigenvalue weighted by Crippen LogP contribution is 2.20. The minimum absolute atomic E-state index is 0.161. The molecular formula is C14H16N2O4S. The van der Waals surface area contributed by atoms with E-state index >= 15 is 0 Å². The predicted molar refractivity (Wildman–Crippen MR) is 78.5 cm³/mol. The van der Waals surface area contributed by atoms with E-state index < -0.39 is 5.97 Å². The fourth-order valence-electron chi connectivity index (χ4n) is 1.74. The van der Waals surface area contributed by atoms with E-state index in [2.05, 4.69) is 14.7 Å². The Hall–Kier alpha value is -2.02. The van der Waals surface area contributed by atoms with Crippen LogP contribution in [0.25, 0.3) is 0 Å². The Morgan fingerprint density at radius 1 is 1.48 bits per heavy atom. The monoisotopic (exact) mass is 308 g/mol. The van der Waals surface area contributed by atoms with Gasteiger partial charge >= 0.3 is 5.97 Å². The average molecular weight is 308 g/mol. The molecule has 0 saturated carbocycles. The second kappa shape index (κ2) is 7.12. The van der Waals surface area contributed by atoms with Gasteiger partial charge in [0.05, 0.1) is 12.9 Å². The van der Waals surface area contributed by atoms with E-state index in [4.69, 9.17) is 4.42 Å². The molecule has 112 valence electrons. The van der Waals surface area contributed by atoms with E-state index in [0.717, 1.165) is 18.5 Å². The van der Waals surface area contributed by atoms with Gasteiger partial charge in [-0.1, -0.05) is 25.1 Å². The van der Waals surface area contributed by atoms with E-state index in [1.54, 1.807) is 12.1 Å². The van der Waals surface area contributed by atoms with Crippen LogP contribution in [0.1, 0.15) is 35.4 Å². The number of aryl methyl sites for hydroxylation is 1. The molecule has 0 radical (unpaired) electrons. The third kappa shape index (κ3) is 4.22. The minimum atomic E-state index is -0.511. The Bertz CT molecular complexity index is 678. The lowest BCUT2D eigenvalue weighted by Gasteiger charge is -2.02. The quantitative estimate of drug-likeness (QED) is 0.501. The van der Waals surface area contributed by atoms with Gasteiger partial charge in [-0.3, -0.25) is 4.79 Å². The molecule has 0 fully saturated rings. The van der Waals surface area contributed by atoms with Crippen LogP contribution in [0.5, 0.6) is 0 Å². The fraction of sp³-hybridized carbons (Fsp3) is 0.357. The van der Waals surface area contributed by atoms with Crippen LogP contribution in [0.3, 0.4) is 0 Å². The zero-order valence-corrected chi connectivity index (χ0v) is 12.7. The summed E-state index contributed by atoms with van der Waals surface area (Å²) in [6.45, 7) is 2.03. The van der Waals surface area contributed by atoms with Gasteiger partial charge in [0.15, 0.2) is 5.16 Å². The molecule has 2 heterocycles. The van der Waals surface area contributed by atoms with Gasteiger partial charge in [0.1, 0.15) is 5.76 Å². The van der Waals surface area contributed by atoms with Gasteiger partial charge in [-0.25, -0.2) is 9.78 Å². The molecule has 0 spiro atoms. The van der Waals surface area contributed by atoms with Crippen molar-refractivity contribution in [1.29, 1.82) is 0 Å². The molecule has 0 unspecified atom stereocenters. The van der Waals surface area contributed by atoms with E-state index in [0.29, 0.717) is 16.7 Å². The number of hydrogen-bond acceptors (Lipinski definition) is 6. The number of rotatable bonds is 6. The molecule has 6 nitrogen and oxygen atoms in total. The third-order valence-electron chi connectivity index (χ3n) is 2.68. The zero-order valence-electron chi connectivity index (χ0n) is 11.8. The largest absolute Gasteiger partial charge is 0.463 e. The van der Waals surface area contributed by atoms with Gasteiger partial charge in [0.2, 0.25) is 5.76 Å². The molecule has 2 aromatic heterocycles. The van der Waals surface area contributed by atoms with Crippen molar-refractivity contribution in [1.82, 2.24) is 9.97 Å². The van der Waals surface area contributed by atoms with Crippen molar-refractivity contribution in [2.75, 3.05) is 7.11 Å². The zero-order chi connectivity index (χ0) is 15.2. The predicted octanol–water partition coefficient (Wildman–Crippen LogP) is 2.39. The lowest BCUT2D eigenvalue weighted by Crippen LogP contribution is -2.09. The fourth-order valence-corrected chi connectivity index (χ4v) is 2.53. The molecule has 0 aromatic carbocycles. The molecule has 2 rings (SSSR count). The van der Waals surface area contributed by atoms with Crippen molar-refractivity contribution in [3.8, 4) is 0 Å². The standard InChI is InChI=1S/C14H16N2O4S/c1-3-4-9-7-12(17)16-14(15-9)21-8-10-5-6-11(20-10)13(18)19-2/h5-7H,3-4,8H2,1-2H3,(H,15,16,17). The van der Waals surface area contributed by atoms with E-state index in [9.17, 15) is 9.59 Å². The van der Waals surface area contributed by atoms with Crippen molar-refractivity contribution in [3.05, 3.63) is 45.8 Å². The molecule has 1 N–H and O–H groups in total. The molecule has 0 aliphatic heterocycles. The van der Waals surface area contributed by atoms with Crippen molar-refractivity contribution in [2.45, 2.75) is 30.7 Å². The summed E-state index contributed by atoms with van der Waals surface area (Å²) in [4.78, 5) is 29.9. The van der Waals surface area contributed by atoms with Crippen molar-refractivity contribution in [3.63, 3.8) is 0 Å². The molecule has 0 atom stereocenters. The minimum Gasteiger partial charge on any atom is -0.463 e. The van der Waals surface area contributed by atoms with Gasteiger partial charge in [-0.2, -0.15) is 0 Å². The van der Waals surface area contributed by atoms with Crippen LogP contribution in [-0.2, 0) is 16.9 Å². The highest BCUT2D eigenvalue weighted by Gasteiger charge is 2.11. The SMILES string of the molecule is CCCc1cc(=O)[nH]c(SCc2ccc(C(=O)OC)o2)n1. The second-order valence-electron chi connectivity index (χ2n) is 4.34. The average Bonchev–Trinajstić information content (AvgIpc) is 2.93. The van der Waals surface area contributed by atoms with Gasteiger partial charge in [0, 0.05) is 11.8 Å². The van der Waals surface area contributed by atoms with E-state index in [1.165, 1.54) is 24.9 Å². The normalized spacial score (nSPS) is 10.6. The number of aromatic nitrogens is 2. The first-order valence-corrected chi connectivity index (χ1v) is 7.51. The Morgan fingerprint density at radius 3 is 3.00 bits per heavy atom. The molecule has 0 aliphatic rings. The topological polar surface area (TPSA) is 85.2 Å². The number of esters is 1. The highest BCUT2D eigenvalue weighted by atomic mass is 32.2. The Labute approximate surface area is 125 Å². The van der Waals surface area contributed by atoms with Crippen LogP contribution < -0.4 is 5.56 Å². The van der Waals surface area contributed by atoms with Crippen LogP contribution in [0.15, 0.2) is 32.6 Å². The lowest BCUT2D eigenvalue weighted by atomic mass is 10.2. The third-order valence-corrected chi connectivity index (χ3v) is 3.57. The van der Waals surface area contributed by atoms with Crippen molar-refractivity contribution < 1.29 is 13.9 Å². The summed E-state index contributed by atoms with van der Waals surface area (Å²) in [6, 6.07) is 4.77. The number of nitrogens with zero attached hydrogens (tertiary/aromatic N) is 1. The van der Waals surface area contributed by atoms with Crippen molar-refractivity contribution in [2.24, 2.45) is 0 Å². The van der Waals surface area contributed by atoms with Gasteiger partial charge in [-0.05, 0) is 18.6 Å². The van der Waals surface area contributed by atoms with Gasteiger partial charge < -0.3 is 14.1 Å². The van der Waals surface area contributed by atoms with E-state index in [1.807, 2.05) is 6.92 Å². The molecule has 0 bridgehead atoms. The van der Waals surface area contributed by atoms with Crippen LogP contribution in [0.4, 0.5) is 0 Å². The molecule has 0 saturated heterocycles. The molecular weight excluding hydrogens is 292 g/mol. The highest BCUT2D eigenvalue weighted by molar-refractivity contribution is 7.98. The summed E-state index contributed by atoms with van der Waals surface area (Å²) in [5.41, 5.74) is 0.615. The maximum absolute atomic E-state index is 11.5. The number of aromatic amines is 1. The number of ether oxygens (including phenoxy) is 1.